The van der Waals surface area contributed by atoms with Gasteiger partial charge in [0.2, 0.25) is 5.91 Å². The van der Waals surface area contributed by atoms with Crippen LogP contribution in [-0.2, 0) is 17.9 Å². The molecule has 1 aromatic carbocycles. The Balaban J connectivity index is 1.74. The fraction of sp³-hybridized carbons (Fsp3) is 0.278. The summed E-state index contributed by atoms with van der Waals surface area (Å²) in [7, 11) is 0. The number of rotatable bonds is 5. The second-order valence-corrected chi connectivity index (χ2v) is 7.43. The van der Waals surface area contributed by atoms with Gasteiger partial charge in [0.25, 0.3) is 0 Å². The molecule has 0 aliphatic carbocycles. The van der Waals surface area contributed by atoms with Crippen LogP contribution >= 0.6 is 27.5 Å². The normalized spacial score (nSPS) is 11.0. The molecule has 6 nitrogen and oxygen atoms in total. The van der Waals surface area contributed by atoms with E-state index < -0.39 is 0 Å². The van der Waals surface area contributed by atoms with Gasteiger partial charge in [-0.1, -0.05) is 23.7 Å². The van der Waals surface area contributed by atoms with Crippen LogP contribution in [0.25, 0.3) is 0 Å². The maximum Gasteiger partial charge on any atom is 0.246 e. The average molecular weight is 437 g/mol. The summed E-state index contributed by atoms with van der Waals surface area (Å²) >= 11 is 9.45. The van der Waals surface area contributed by atoms with E-state index in [4.69, 9.17) is 11.6 Å². The summed E-state index contributed by atoms with van der Waals surface area (Å²) < 4.78 is 4.35. The lowest BCUT2D eigenvalue weighted by atomic mass is 10.2. The molecule has 0 aliphatic heterocycles. The molecule has 0 saturated carbocycles. The van der Waals surface area contributed by atoms with Crippen LogP contribution in [0.3, 0.4) is 0 Å². The zero-order valence-electron chi connectivity index (χ0n) is 14.8. The van der Waals surface area contributed by atoms with Crippen LogP contribution in [0.2, 0.25) is 5.02 Å². The van der Waals surface area contributed by atoms with Crippen molar-refractivity contribution >= 4 is 39.1 Å². The number of hydrogen-bond acceptors (Lipinski definition) is 3. The molecule has 0 bridgehead atoms. The van der Waals surface area contributed by atoms with Gasteiger partial charge in [0.1, 0.15) is 6.54 Å². The molecule has 0 atom stereocenters. The number of benzene rings is 1. The number of aryl methyl sites for hydroxylation is 2. The number of halogens is 2. The second-order valence-electron chi connectivity index (χ2n) is 6.14. The predicted molar refractivity (Wildman–Crippen MR) is 106 cm³/mol. The van der Waals surface area contributed by atoms with Gasteiger partial charge in [0, 0.05) is 11.2 Å². The van der Waals surface area contributed by atoms with Gasteiger partial charge in [-0.05, 0) is 54.4 Å². The number of carbonyl (C=O) groups excluding carboxylic acids is 1. The number of nitrogens with zero attached hydrogens (tertiary/aromatic N) is 4. The van der Waals surface area contributed by atoms with Crippen LogP contribution < -0.4 is 5.32 Å². The molecular formula is C18H19BrClN5O. The Kier molecular flexibility index (Phi) is 5.48. The molecule has 0 saturated heterocycles. The van der Waals surface area contributed by atoms with Gasteiger partial charge >= 0.3 is 0 Å². The van der Waals surface area contributed by atoms with Crippen LogP contribution in [0.5, 0.6) is 0 Å². The van der Waals surface area contributed by atoms with Gasteiger partial charge in [-0.25, -0.2) is 0 Å². The number of nitrogens with one attached hydrogen (secondary N) is 1. The van der Waals surface area contributed by atoms with Crippen molar-refractivity contribution in [3.63, 3.8) is 0 Å². The fourth-order valence-electron chi connectivity index (χ4n) is 2.74. The minimum atomic E-state index is -0.145. The molecule has 136 valence electrons. The molecule has 3 aromatic rings. The van der Waals surface area contributed by atoms with Gasteiger partial charge in [0.05, 0.1) is 33.8 Å². The van der Waals surface area contributed by atoms with Crippen molar-refractivity contribution in [1.29, 1.82) is 0 Å². The third-order valence-corrected chi connectivity index (χ3v) is 5.07. The summed E-state index contributed by atoms with van der Waals surface area (Å²) in [6.07, 6.45) is 1.79. The van der Waals surface area contributed by atoms with Gasteiger partial charge in [-0.15, -0.1) is 0 Å². The molecule has 3 rings (SSSR count). The van der Waals surface area contributed by atoms with E-state index in [1.807, 2.05) is 49.7 Å². The molecule has 0 unspecified atom stereocenters. The van der Waals surface area contributed by atoms with E-state index in [0.29, 0.717) is 11.6 Å². The molecule has 26 heavy (non-hydrogen) atoms. The fourth-order valence-corrected chi connectivity index (χ4v) is 3.27. The number of amides is 1. The highest BCUT2D eigenvalue weighted by Gasteiger charge is 2.15. The molecule has 0 aliphatic rings. The van der Waals surface area contributed by atoms with Gasteiger partial charge in [0.15, 0.2) is 0 Å². The lowest BCUT2D eigenvalue weighted by Crippen LogP contribution is -2.20. The smallest absolute Gasteiger partial charge is 0.246 e. The topological polar surface area (TPSA) is 64.7 Å². The largest absolute Gasteiger partial charge is 0.321 e. The highest BCUT2D eigenvalue weighted by atomic mass is 79.9. The summed E-state index contributed by atoms with van der Waals surface area (Å²) in [4.78, 5) is 12.4. The van der Waals surface area contributed by atoms with Crippen molar-refractivity contribution in [2.24, 2.45) is 0 Å². The summed E-state index contributed by atoms with van der Waals surface area (Å²) in [6, 6.07) is 7.66. The first-order valence-corrected chi connectivity index (χ1v) is 9.28. The van der Waals surface area contributed by atoms with E-state index in [1.54, 1.807) is 10.9 Å². The van der Waals surface area contributed by atoms with Crippen LogP contribution in [0.4, 0.5) is 5.69 Å². The Morgan fingerprint density at radius 2 is 2.00 bits per heavy atom. The molecule has 2 heterocycles. The maximum atomic E-state index is 12.4. The van der Waals surface area contributed by atoms with Gasteiger partial charge < -0.3 is 5.32 Å². The van der Waals surface area contributed by atoms with E-state index in [1.165, 1.54) is 0 Å². The highest BCUT2D eigenvalue weighted by molar-refractivity contribution is 9.10. The summed E-state index contributed by atoms with van der Waals surface area (Å²) in [6.45, 7) is 6.44. The minimum absolute atomic E-state index is 0.144. The first-order valence-electron chi connectivity index (χ1n) is 8.11. The van der Waals surface area contributed by atoms with E-state index in [-0.39, 0.29) is 12.5 Å². The Morgan fingerprint density at radius 1 is 1.23 bits per heavy atom. The van der Waals surface area contributed by atoms with E-state index in [0.717, 1.165) is 32.8 Å². The van der Waals surface area contributed by atoms with Crippen molar-refractivity contribution in [3.8, 4) is 0 Å². The van der Waals surface area contributed by atoms with E-state index in [2.05, 4.69) is 31.4 Å². The number of anilines is 1. The van der Waals surface area contributed by atoms with Crippen LogP contribution in [0.1, 0.15) is 22.6 Å². The predicted octanol–water partition coefficient (Wildman–Crippen LogP) is 4.11. The lowest BCUT2D eigenvalue weighted by molar-refractivity contribution is -0.116. The van der Waals surface area contributed by atoms with Crippen LogP contribution in [0, 0.1) is 20.8 Å². The minimum Gasteiger partial charge on any atom is -0.321 e. The number of aromatic nitrogens is 4. The summed E-state index contributed by atoms with van der Waals surface area (Å²) in [5.74, 6) is -0.145. The lowest BCUT2D eigenvalue weighted by Gasteiger charge is -2.08. The molecule has 8 heteroatoms. The summed E-state index contributed by atoms with van der Waals surface area (Å²) in [5, 5.41) is 12.5. The van der Waals surface area contributed by atoms with Crippen molar-refractivity contribution < 1.29 is 4.79 Å². The first-order chi connectivity index (χ1) is 12.3. The van der Waals surface area contributed by atoms with Crippen LogP contribution in [-0.4, -0.2) is 25.5 Å². The molecule has 1 amide bonds. The van der Waals surface area contributed by atoms with Gasteiger partial charge in [-0.3, -0.25) is 14.2 Å². The highest BCUT2D eigenvalue weighted by Crippen LogP contribution is 2.21. The molecule has 0 radical (unpaired) electrons. The first kappa shape index (κ1) is 18.7. The average Bonchev–Trinajstić information content (AvgIpc) is 3.01. The Hall–Kier alpha value is -2.12. The molecule has 2 aromatic heterocycles. The molecular weight excluding hydrogens is 418 g/mol. The van der Waals surface area contributed by atoms with Crippen molar-refractivity contribution in [3.05, 3.63) is 62.6 Å². The molecule has 1 N–H and O–H groups in total. The van der Waals surface area contributed by atoms with Gasteiger partial charge in [-0.2, -0.15) is 10.2 Å². The Labute approximate surface area is 165 Å². The third kappa shape index (κ3) is 4.16. The number of carbonyl (C=O) groups is 1. The third-order valence-electron chi connectivity index (χ3n) is 4.06. The number of hydrogen-bond donors (Lipinski definition) is 1. The van der Waals surface area contributed by atoms with E-state index >= 15 is 0 Å². The zero-order valence-corrected chi connectivity index (χ0v) is 17.1. The maximum absolute atomic E-state index is 12.4. The second kappa shape index (κ2) is 7.63. The standard InChI is InChI=1S/C18H19BrClN5O/c1-11-16(19)9-24(22-11)10-17(26)21-18-12(2)23-25(13(18)3)8-14-5-4-6-15(20)7-14/h4-7,9H,8,10H2,1-3H3,(H,21,26). The summed E-state index contributed by atoms with van der Waals surface area (Å²) in [5.41, 5.74) is 4.31. The Morgan fingerprint density at radius 3 is 2.65 bits per heavy atom. The monoisotopic (exact) mass is 435 g/mol. The quantitative estimate of drug-likeness (QED) is 0.654. The zero-order chi connectivity index (χ0) is 18.8. The molecule has 0 fully saturated rings. The van der Waals surface area contributed by atoms with Crippen molar-refractivity contribution in [1.82, 2.24) is 19.6 Å². The van der Waals surface area contributed by atoms with E-state index in [9.17, 15) is 4.79 Å². The molecule has 0 spiro atoms. The Bertz CT molecular complexity index is 943. The van der Waals surface area contributed by atoms with Crippen LogP contribution in [0.15, 0.2) is 34.9 Å². The van der Waals surface area contributed by atoms with Crippen molar-refractivity contribution in [2.75, 3.05) is 5.32 Å². The van der Waals surface area contributed by atoms with Crippen molar-refractivity contribution in [2.45, 2.75) is 33.9 Å². The SMILES string of the molecule is Cc1nn(CC(=O)Nc2c(C)nn(Cc3cccc(Cl)c3)c2C)cc1Br.